The fourth-order valence-electron chi connectivity index (χ4n) is 3.15. The number of fused-ring (bicyclic) bond motifs is 2. The Balaban J connectivity index is 1.93. The second-order valence-corrected chi connectivity index (χ2v) is 6.73. The van der Waals surface area contributed by atoms with Crippen LogP contribution in [0.1, 0.15) is 31.0 Å². The average Bonchev–Trinajstić information content (AvgIpc) is 3.17. The molecule has 4 rings (SSSR count). The lowest BCUT2D eigenvalue weighted by molar-refractivity contribution is 0.900. The third kappa shape index (κ3) is 2.28. The van der Waals surface area contributed by atoms with Crippen molar-refractivity contribution in [2.75, 3.05) is 11.9 Å². The van der Waals surface area contributed by atoms with Crippen molar-refractivity contribution in [3.8, 4) is 11.1 Å². The molecule has 0 aliphatic heterocycles. The third-order valence-corrected chi connectivity index (χ3v) is 5.18. The minimum absolute atomic E-state index is 0.906. The lowest BCUT2D eigenvalue weighted by atomic mass is 10.00. The minimum Gasteiger partial charge on any atom is -0.361 e. The van der Waals surface area contributed by atoms with Crippen LogP contribution in [0.15, 0.2) is 30.3 Å². The quantitative estimate of drug-likeness (QED) is 0.761. The van der Waals surface area contributed by atoms with Crippen LogP contribution in [0.2, 0.25) is 0 Å². The van der Waals surface area contributed by atoms with E-state index in [9.17, 15) is 0 Å². The van der Waals surface area contributed by atoms with E-state index in [4.69, 9.17) is 9.97 Å². The van der Waals surface area contributed by atoms with Crippen LogP contribution in [0, 0.1) is 0 Å². The number of rotatable bonds is 4. The molecule has 1 aromatic carbocycles. The van der Waals surface area contributed by atoms with Crippen molar-refractivity contribution in [3.63, 3.8) is 0 Å². The molecule has 1 aliphatic carbocycles. The lowest BCUT2D eigenvalue weighted by Crippen LogP contribution is -1.98. The molecular formula is C18H19N3S. The topological polar surface area (TPSA) is 37.8 Å². The number of hydrogen-bond acceptors (Lipinski definition) is 4. The van der Waals surface area contributed by atoms with E-state index in [1.165, 1.54) is 33.5 Å². The molecule has 2 aromatic heterocycles. The number of pyridine rings is 1. The zero-order valence-corrected chi connectivity index (χ0v) is 13.5. The molecule has 0 amide bonds. The summed E-state index contributed by atoms with van der Waals surface area (Å²) in [7, 11) is 0. The first-order valence-corrected chi connectivity index (χ1v) is 8.80. The standard InChI is InChI=1S/C18H19N3S/c1-2-11-19-18-21-17-16(22-18)15(12-7-4-3-5-8-12)13-9-6-10-14(13)20-17/h3-5,7-8H,2,6,9-11H2,1H3,(H,19,20,21). The van der Waals surface area contributed by atoms with Crippen LogP contribution in [0.4, 0.5) is 5.13 Å². The van der Waals surface area contributed by atoms with E-state index in [-0.39, 0.29) is 0 Å². The first-order valence-electron chi connectivity index (χ1n) is 7.98. The van der Waals surface area contributed by atoms with Crippen molar-refractivity contribution < 1.29 is 0 Å². The number of anilines is 1. The van der Waals surface area contributed by atoms with Crippen LogP contribution in [0.5, 0.6) is 0 Å². The largest absolute Gasteiger partial charge is 0.361 e. The van der Waals surface area contributed by atoms with Gasteiger partial charge in [0.1, 0.15) is 0 Å². The van der Waals surface area contributed by atoms with Gasteiger partial charge in [0.2, 0.25) is 0 Å². The van der Waals surface area contributed by atoms with Crippen LogP contribution in [-0.2, 0) is 12.8 Å². The summed E-state index contributed by atoms with van der Waals surface area (Å²) in [5.74, 6) is 0. The molecule has 0 saturated carbocycles. The van der Waals surface area contributed by atoms with Gasteiger partial charge in [-0.25, -0.2) is 9.97 Å². The van der Waals surface area contributed by atoms with Gasteiger partial charge in [-0.2, -0.15) is 0 Å². The number of hydrogen-bond donors (Lipinski definition) is 1. The zero-order valence-electron chi connectivity index (χ0n) is 12.7. The number of nitrogens with one attached hydrogen (secondary N) is 1. The molecule has 22 heavy (non-hydrogen) atoms. The van der Waals surface area contributed by atoms with Crippen molar-refractivity contribution >= 4 is 26.8 Å². The van der Waals surface area contributed by atoms with Gasteiger partial charge in [-0.05, 0) is 36.8 Å². The molecule has 2 heterocycles. The van der Waals surface area contributed by atoms with Crippen molar-refractivity contribution in [1.82, 2.24) is 9.97 Å². The fraction of sp³-hybridized carbons (Fsp3) is 0.333. The van der Waals surface area contributed by atoms with Crippen molar-refractivity contribution in [2.45, 2.75) is 32.6 Å². The maximum absolute atomic E-state index is 4.83. The van der Waals surface area contributed by atoms with Gasteiger partial charge in [-0.1, -0.05) is 48.6 Å². The summed E-state index contributed by atoms with van der Waals surface area (Å²) in [6.07, 6.45) is 4.53. The molecule has 3 nitrogen and oxygen atoms in total. The van der Waals surface area contributed by atoms with Gasteiger partial charge in [0, 0.05) is 17.8 Å². The van der Waals surface area contributed by atoms with Gasteiger partial charge in [0.05, 0.1) is 4.70 Å². The Morgan fingerprint density at radius 2 is 2.00 bits per heavy atom. The fourth-order valence-corrected chi connectivity index (χ4v) is 4.18. The summed E-state index contributed by atoms with van der Waals surface area (Å²) >= 11 is 1.74. The molecule has 0 saturated heterocycles. The maximum Gasteiger partial charge on any atom is 0.185 e. The molecule has 0 unspecified atom stereocenters. The van der Waals surface area contributed by atoms with E-state index >= 15 is 0 Å². The van der Waals surface area contributed by atoms with Gasteiger partial charge in [0.15, 0.2) is 10.8 Å². The molecule has 0 atom stereocenters. The number of thiazole rings is 1. The molecule has 4 heteroatoms. The van der Waals surface area contributed by atoms with Gasteiger partial charge >= 0.3 is 0 Å². The van der Waals surface area contributed by atoms with E-state index < -0.39 is 0 Å². The highest BCUT2D eigenvalue weighted by Crippen LogP contribution is 2.40. The highest BCUT2D eigenvalue weighted by Gasteiger charge is 2.22. The summed E-state index contributed by atoms with van der Waals surface area (Å²) in [6.45, 7) is 3.13. The van der Waals surface area contributed by atoms with Gasteiger partial charge < -0.3 is 5.32 Å². The molecule has 3 aromatic rings. The maximum atomic E-state index is 4.83. The van der Waals surface area contributed by atoms with Crippen molar-refractivity contribution in [1.29, 1.82) is 0 Å². The summed E-state index contributed by atoms with van der Waals surface area (Å²) in [4.78, 5) is 9.54. The van der Waals surface area contributed by atoms with Crippen LogP contribution in [0.25, 0.3) is 21.5 Å². The van der Waals surface area contributed by atoms with Gasteiger partial charge in [-0.15, -0.1) is 0 Å². The summed E-state index contributed by atoms with van der Waals surface area (Å²) in [6, 6.07) is 10.7. The highest BCUT2D eigenvalue weighted by atomic mass is 32.1. The second kappa shape index (κ2) is 5.69. The third-order valence-electron chi connectivity index (χ3n) is 4.16. The molecule has 0 bridgehead atoms. The Labute approximate surface area is 134 Å². The molecule has 1 N–H and O–H groups in total. The summed E-state index contributed by atoms with van der Waals surface area (Å²) < 4.78 is 1.23. The zero-order chi connectivity index (χ0) is 14.9. The molecular weight excluding hydrogens is 290 g/mol. The normalized spacial score (nSPS) is 13.5. The van der Waals surface area contributed by atoms with Crippen molar-refractivity contribution in [3.05, 3.63) is 41.6 Å². The van der Waals surface area contributed by atoms with Crippen LogP contribution >= 0.6 is 11.3 Å². The monoisotopic (exact) mass is 309 g/mol. The number of aromatic nitrogens is 2. The number of benzene rings is 1. The number of aryl methyl sites for hydroxylation is 1. The second-order valence-electron chi connectivity index (χ2n) is 5.73. The van der Waals surface area contributed by atoms with E-state index in [1.54, 1.807) is 11.3 Å². The Bertz CT molecular complexity index is 808. The number of nitrogens with zero attached hydrogens (tertiary/aromatic N) is 2. The summed E-state index contributed by atoms with van der Waals surface area (Å²) in [5, 5.41) is 4.40. The average molecular weight is 309 g/mol. The van der Waals surface area contributed by atoms with E-state index in [0.29, 0.717) is 0 Å². The molecule has 0 fully saturated rings. The van der Waals surface area contributed by atoms with E-state index in [0.717, 1.165) is 36.6 Å². The molecule has 0 spiro atoms. The van der Waals surface area contributed by atoms with Crippen molar-refractivity contribution in [2.24, 2.45) is 0 Å². The van der Waals surface area contributed by atoms with Crippen LogP contribution < -0.4 is 5.32 Å². The molecule has 112 valence electrons. The Morgan fingerprint density at radius 3 is 2.82 bits per heavy atom. The SMILES string of the molecule is CCCNc1nc2nc3c(c(-c4ccccc4)c2s1)CCC3. The van der Waals surface area contributed by atoms with Gasteiger partial charge in [-0.3, -0.25) is 0 Å². The van der Waals surface area contributed by atoms with Crippen LogP contribution in [-0.4, -0.2) is 16.5 Å². The van der Waals surface area contributed by atoms with E-state index in [1.807, 2.05) is 0 Å². The van der Waals surface area contributed by atoms with E-state index in [2.05, 4.69) is 42.6 Å². The summed E-state index contributed by atoms with van der Waals surface area (Å²) in [5.41, 5.74) is 6.24. The predicted octanol–water partition coefficient (Wildman–Crippen LogP) is 4.67. The lowest BCUT2D eigenvalue weighted by Gasteiger charge is -2.09. The molecule has 1 aliphatic rings. The first kappa shape index (κ1) is 13.7. The minimum atomic E-state index is 0.906. The smallest absolute Gasteiger partial charge is 0.185 e. The highest BCUT2D eigenvalue weighted by molar-refractivity contribution is 7.22. The Hall–Kier alpha value is -1.94. The molecule has 0 radical (unpaired) electrons. The Morgan fingerprint density at radius 1 is 1.14 bits per heavy atom. The predicted molar refractivity (Wildman–Crippen MR) is 93.7 cm³/mol. The first-order chi connectivity index (χ1) is 10.9. The Kier molecular flexibility index (Phi) is 3.54. The van der Waals surface area contributed by atoms with Crippen LogP contribution in [0.3, 0.4) is 0 Å². The van der Waals surface area contributed by atoms with Gasteiger partial charge in [0.25, 0.3) is 0 Å².